The highest BCUT2D eigenvalue weighted by atomic mass is 15.2. The van der Waals surface area contributed by atoms with Crippen molar-refractivity contribution in [3.05, 3.63) is 36.7 Å². The third-order valence-electron chi connectivity index (χ3n) is 2.63. The van der Waals surface area contributed by atoms with Gasteiger partial charge in [-0.05, 0) is 19.1 Å². The van der Waals surface area contributed by atoms with Crippen LogP contribution in [0, 0.1) is 0 Å². The van der Waals surface area contributed by atoms with Crippen molar-refractivity contribution in [1.82, 2.24) is 24.6 Å². The molecule has 1 atom stereocenters. The van der Waals surface area contributed by atoms with Crippen LogP contribution in [0.2, 0.25) is 0 Å². The Morgan fingerprint density at radius 2 is 2.12 bits per heavy atom. The predicted octanol–water partition coefficient (Wildman–Crippen LogP) is 0.795. The first kappa shape index (κ1) is 10.9. The summed E-state index contributed by atoms with van der Waals surface area (Å²) in [4.78, 5) is 0. The van der Waals surface area contributed by atoms with Gasteiger partial charge in [-0.2, -0.15) is 0 Å². The highest BCUT2D eigenvalue weighted by Crippen LogP contribution is 2.00. The van der Waals surface area contributed by atoms with Gasteiger partial charge in [0.1, 0.15) is 12.7 Å². The van der Waals surface area contributed by atoms with Crippen molar-refractivity contribution in [2.45, 2.75) is 26.1 Å². The quantitative estimate of drug-likeness (QED) is 0.809. The third-order valence-corrected chi connectivity index (χ3v) is 2.63. The zero-order valence-electron chi connectivity index (χ0n) is 9.67. The summed E-state index contributed by atoms with van der Waals surface area (Å²) in [5, 5.41) is 11.0. The van der Waals surface area contributed by atoms with E-state index >= 15 is 0 Å². The number of hydrogen-bond donors (Lipinski definition) is 1. The minimum absolute atomic E-state index is 0.394. The SMILES string of the molecule is CC(Cn1cnnc1)NCc1cccn1C. The molecule has 0 aliphatic carbocycles. The first-order chi connectivity index (χ1) is 7.75. The molecule has 0 radical (unpaired) electrons. The summed E-state index contributed by atoms with van der Waals surface area (Å²) in [5.74, 6) is 0. The standard InChI is InChI=1S/C11H17N5/c1-10(7-16-8-13-14-9-16)12-6-11-4-3-5-15(11)2/h3-5,8-10,12H,6-7H2,1-2H3. The van der Waals surface area contributed by atoms with Crippen LogP contribution in [-0.4, -0.2) is 25.4 Å². The summed E-state index contributed by atoms with van der Waals surface area (Å²) < 4.78 is 4.10. The minimum Gasteiger partial charge on any atom is -0.353 e. The monoisotopic (exact) mass is 219 g/mol. The number of aryl methyl sites for hydroxylation is 1. The van der Waals surface area contributed by atoms with E-state index in [1.54, 1.807) is 12.7 Å². The van der Waals surface area contributed by atoms with E-state index in [0.29, 0.717) is 6.04 Å². The van der Waals surface area contributed by atoms with Gasteiger partial charge in [-0.25, -0.2) is 0 Å². The van der Waals surface area contributed by atoms with Crippen LogP contribution in [0.3, 0.4) is 0 Å². The number of aromatic nitrogens is 4. The van der Waals surface area contributed by atoms with Gasteiger partial charge in [0, 0.05) is 38.1 Å². The molecule has 5 heteroatoms. The maximum atomic E-state index is 3.78. The van der Waals surface area contributed by atoms with Crippen molar-refractivity contribution < 1.29 is 0 Å². The molecule has 2 aromatic heterocycles. The van der Waals surface area contributed by atoms with Crippen LogP contribution in [0.5, 0.6) is 0 Å². The van der Waals surface area contributed by atoms with E-state index in [-0.39, 0.29) is 0 Å². The van der Waals surface area contributed by atoms with Gasteiger partial charge in [-0.1, -0.05) is 0 Å². The Labute approximate surface area is 95.1 Å². The summed E-state index contributed by atoms with van der Waals surface area (Å²) in [7, 11) is 2.06. The van der Waals surface area contributed by atoms with Crippen LogP contribution in [0.25, 0.3) is 0 Å². The maximum Gasteiger partial charge on any atom is 0.119 e. The van der Waals surface area contributed by atoms with E-state index in [4.69, 9.17) is 0 Å². The first-order valence-electron chi connectivity index (χ1n) is 5.41. The summed E-state index contributed by atoms with van der Waals surface area (Å²) in [6, 6.07) is 4.57. The Balaban J connectivity index is 1.80. The molecule has 0 spiro atoms. The van der Waals surface area contributed by atoms with E-state index in [2.05, 4.69) is 52.4 Å². The lowest BCUT2D eigenvalue weighted by atomic mass is 10.3. The molecule has 2 heterocycles. The molecule has 0 amide bonds. The van der Waals surface area contributed by atoms with E-state index in [1.807, 2.05) is 4.57 Å². The summed E-state index contributed by atoms with van der Waals surface area (Å²) >= 11 is 0. The van der Waals surface area contributed by atoms with Gasteiger partial charge in [0.05, 0.1) is 0 Å². The second-order valence-corrected chi connectivity index (χ2v) is 4.05. The smallest absolute Gasteiger partial charge is 0.119 e. The van der Waals surface area contributed by atoms with Gasteiger partial charge in [-0.3, -0.25) is 0 Å². The van der Waals surface area contributed by atoms with E-state index in [1.165, 1.54) is 5.69 Å². The second kappa shape index (κ2) is 4.94. The average Bonchev–Trinajstić information content (AvgIpc) is 2.87. The van der Waals surface area contributed by atoms with Crippen molar-refractivity contribution in [3.63, 3.8) is 0 Å². The number of nitrogens with zero attached hydrogens (tertiary/aromatic N) is 4. The molecular formula is C11H17N5. The largest absolute Gasteiger partial charge is 0.353 e. The Hall–Kier alpha value is -1.62. The molecule has 0 saturated heterocycles. The Kier molecular flexibility index (Phi) is 3.36. The van der Waals surface area contributed by atoms with Gasteiger partial charge < -0.3 is 14.5 Å². The molecular weight excluding hydrogens is 202 g/mol. The fraction of sp³-hybridized carbons (Fsp3) is 0.455. The highest BCUT2D eigenvalue weighted by molar-refractivity contribution is 5.06. The normalized spacial score (nSPS) is 12.9. The maximum absolute atomic E-state index is 3.78. The first-order valence-corrected chi connectivity index (χ1v) is 5.41. The average molecular weight is 219 g/mol. The fourth-order valence-corrected chi connectivity index (χ4v) is 1.66. The molecule has 0 saturated carbocycles. The molecule has 1 unspecified atom stereocenters. The van der Waals surface area contributed by atoms with Crippen LogP contribution >= 0.6 is 0 Å². The van der Waals surface area contributed by atoms with Crippen molar-refractivity contribution in [1.29, 1.82) is 0 Å². The minimum atomic E-state index is 0.394. The Bertz CT molecular complexity index is 417. The molecule has 0 aromatic carbocycles. The number of nitrogens with one attached hydrogen (secondary N) is 1. The van der Waals surface area contributed by atoms with Gasteiger partial charge >= 0.3 is 0 Å². The molecule has 5 nitrogen and oxygen atoms in total. The summed E-state index contributed by atoms with van der Waals surface area (Å²) in [6.45, 7) is 3.92. The number of rotatable bonds is 5. The van der Waals surface area contributed by atoms with E-state index in [0.717, 1.165) is 13.1 Å². The molecule has 16 heavy (non-hydrogen) atoms. The molecule has 0 aliphatic rings. The Morgan fingerprint density at radius 3 is 2.75 bits per heavy atom. The van der Waals surface area contributed by atoms with Crippen LogP contribution in [-0.2, 0) is 20.1 Å². The predicted molar refractivity (Wildman–Crippen MR) is 61.7 cm³/mol. The lowest BCUT2D eigenvalue weighted by Gasteiger charge is -2.14. The molecule has 2 rings (SSSR count). The molecule has 0 fully saturated rings. The van der Waals surface area contributed by atoms with Crippen LogP contribution < -0.4 is 5.32 Å². The van der Waals surface area contributed by atoms with E-state index < -0.39 is 0 Å². The topological polar surface area (TPSA) is 47.7 Å². The van der Waals surface area contributed by atoms with Crippen LogP contribution in [0.4, 0.5) is 0 Å². The fourth-order valence-electron chi connectivity index (χ4n) is 1.66. The van der Waals surface area contributed by atoms with Crippen LogP contribution in [0.15, 0.2) is 31.0 Å². The van der Waals surface area contributed by atoms with Crippen molar-refractivity contribution in [2.24, 2.45) is 7.05 Å². The van der Waals surface area contributed by atoms with Crippen molar-refractivity contribution in [2.75, 3.05) is 0 Å². The van der Waals surface area contributed by atoms with E-state index in [9.17, 15) is 0 Å². The number of hydrogen-bond acceptors (Lipinski definition) is 3. The van der Waals surface area contributed by atoms with Crippen molar-refractivity contribution >= 4 is 0 Å². The zero-order valence-corrected chi connectivity index (χ0v) is 9.67. The zero-order chi connectivity index (χ0) is 11.4. The highest BCUT2D eigenvalue weighted by Gasteiger charge is 2.03. The summed E-state index contributed by atoms with van der Waals surface area (Å²) in [5.41, 5.74) is 1.29. The van der Waals surface area contributed by atoms with Crippen LogP contribution in [0.1, 0.15) is 12.6 Å². The molecule has 1 N–H and O–H groups in total. The van der Waals surface area contributed by atoms with Gasteiger partial charge in [0.15, 0.2) is 0 Å². The van der Waals surface area contributed by atoms with Crippen molar-refractivity contribution in [3.8, 4) is 0 Å². The molecule has 86 valence electrons. The second-order valence-electron chi connectivity index (χ2n) is 4.05. The molecule has 2 aromatic rings. The van der Waals surface area contributed by atoms with Gasteiger partial charge in [0.25, 0.3) is 0 Å². The Morgan fingerprint density at radius 1 is 1.38 bits per heavy atom. The molecule has 0 aliphatic heterocycles. The third kappa shape index (κ3) is 2.70. The lowest BCUT2D eigenvalue weighted by Crippen LogP contribution is -2.30. The lowest BCUT2D eigenvalue weighted by molar-refractivity contribution is 0.469. The summed E-state index contributed by atoms with van der Waals surface area (Å²) in [6.07, 6.45) is 5.53. The molecule has 0 bridgehead atoms. The van der Waals surface area contributed by atoms with Gasteiger partial charge in [-0.15, -0.1) is 10.2 Å². The van der Waals surface area contributed by atoms with Gasteiger partial charge in [0.2, 0.25) is 0 Å².